The van der Waals surface area contributed by atoms with Crippen molar-refractivity contribution in [2.24, 2.45) is 0 Å². The van der Waals surface area contributed by atoms with Gasteiger partial charge in [-0.3, -0.25) is 14.4 Å². The van der Waals surface area contributed by atoms with Crippen LogP contribution in [0.4, 0.5) is 0 Å². The van der Waals surface area contributed by atoms with Crippen molar-refractivity contribution in [1.29, 1.82) is 0 Å². The normalized spacial score (nSPS) is 12.8. The van der Waals surface area contributed by atoms with E-state index in [4.69, 9.17) is 14.2 Å². The molecular weight excluding hydrogens is 636 g/mol. The lowest BCUT2D eigenvalue weighted by molar-refractivity contribution is -0.166. The van der Waals surface area contributed by atoms with E-state index < -0.39 is 12.1 Å². The lowest BCUT2D eigenvalue weighted by Gasteiger charge is -2.18. The summed E-state index contributed by atoms with van der Waals surface area (Å²) in [6.07, 6.45) is 47.8. The number of ether oxygens (including phenoxy) is 3. The van der Waals surface area contributed by atoms with E-state index in [1.807, 2.05) is 6.08 Å². The van der Waals surface area contributed by atoms with Crippen LogP contribution in [-0.2, 0) is 28.6 Å². The molecule has 0 aromatic carbocycles. The van der Waals surface area contributed by atoms with Gasteiger partial charge in [0.2, 0.25) is 0 Å². The molecule has 0 heterocycles. The van der Waals surface area contributed by atoms with Crippen LogP contribution in [0.5, 0.6) is 0 Å². The highest BCUT2D eigenvalue weighted by atomic mass is 16.6. The zero-order valence-electron chi connectivity index (χ0n) is 32.8. The fourth-order valence-corrected chi connectivity index (χ4v) is 5.15. The first kappa shape index (κ1) is 47.8. The van der Waals surface area contributed by atoms with E-state index in [2.05, 4.69) is 81.5 Å². The largest absolute Gasteiger partial charge is 0.462 e. The summed E-state index contributed by atoms with van der Waals surface area (Å²) in [5, 5.41) is 0. The van der Waals surface area contributed by atoms with Gasteiger partial charge in [-0.15, -0.1) is 0 Å². The summed E-state index contributed by atoms with van der Waals surface area (Å²) < 4.78 is 16.4. The summed E-state index contributed by atoms with van der Waals surface area (Å²) in [6.45, 7) is 6.30. The van der Waals surface area contributed by atoms with E-state index in [0.29, 0.717) is 12.8 Å². The molecule has 290 valence electrons. The SMILES string of the molecule is CC/C=C\C/C=C\C/C=C\C/C=C\C/C=C\CC(=O)OCC(COC(=O)CCCCCCCC)OC(=O)CCCCCCC/C=C\CCCCC. The smallest absolute Gasteiger partial charge is 0.309 e. The lowest BCUT2D eigenvalue weighted by atomic mass is 10.1. The van der Waals surface area contributed by atoms with Crippen molar-refractivity contribution in [3.05, 3.63) is 72.9 Å². The van der Waals surface area contributed by atoms with E-state index in [0.717, 1.165) is 83.5 Å². The van der Waals surface area contributed by atoms with Gasteiger partial charge in [0.05, 0.1) is 6.42 Å². The Morgan fingerprint density at radius 2 is 0.843 bits per heavy atom. The highest BCUT2D eigenvalue weighted by Gasteiger charge is 2.19. The minimum Gasteiger partial charge on any atom is -0.462 e. The molecule has 6 nitrogen and oxygen atoms in total. The number of carbonyl (C=O) groups excluding carboxylic acids is 3. The molecule has 0 saturated heterocycles. The number of allylic oxidation sites excluding steroid dienone is 11. The number of hydrogen-bond donors (Lipinski definition) is 0. The minimum atomic E-state index is -0.813. The van der Waals surface area contributed by atoms with Crippen LogP contribution in [0.3, 0.4) is 0 Å². The first-order chi connectivity index (χ1) is 25.0. The van der Waals surface area contributed by atoms with Crippen LogP contribution in [-0.4, -0.2) is 37.2 Å². The van der Waals surface area contributed by atoms with Gasteiger partial charge in [-0.2, -0.15) is 0 Å². The van der Waals surface area contributed by atoms with Gasteiger partial charge in [0.15, 0.2) is 6.10 Å². The van der Waals surface area contributed by atoms with Crippen molar-refractivity contribution in [3.8, 4) is 0 Å². The Labute approximate surface area is 312 Å². The van der Waals surface area contributed by atoms with Crippen LogP contribution in [0.15, 0.2) is 72.9 Å². The Hall–Kier alpha value is -3.15. The molecule has 0 radical (unpaired) electrons. The van der Waals surface area contributed by atoms with Gasteiger partial charge in [0.25, 0.3) is 0 Å². The summed E-state index contributed by atoms with van der Waals surface area (Å²) in [7, 11) is 0. The molecule has 0 aliphatic rings. The molecule has 51 heavy (non-hydrogen) atoms. The highest BCUT2D eigenvalue weighted by Crippen LogP contribution is 2.11. The average Bonchev–Trinajstić information content (AvgIpc) is 3.13. The number of hydrogen-bond acceptors (Lipinski definition) is 6. The molecule has 6 heteroatoms. The molecule has 0 amide bonds. The van der Waals surface area contributed by atoms with Crippen molar-refractivity contribution in [1.82, 2.24) is 0 Å². The number of carbonyl (C=O) groups is 3. The van der Waals surface area contributed by atoms with E-state index in [-0.39, 0.29) is 31.6 Å². The van der Waals surface area contributed by atoms with Gasteiger partial charge in [-0.25, -0.2) is 0 Å². The second kappa shape index (κ2) is 39.6. The third-order valence-electron chi connectivity index (χ3n) is 8.23. The predicted octanol–water partition coefficient (Wildman–Crippen LogP) is 12.7. The highest BCUT2D eigenvalue weighted by molar-refractivity contribution is 5.72. The van der Waals surface area contributed by atoms with Crippen molar-refractivity contribution in [2.75, 3.05) is 13.2 Å². The van der Waals surface area contributed by atoms with Crippen LogP contribution in [0.25, 0.3) is 0 Å². The third kappa shape index (κ3) is 37.9. The van der Waals surface area contributed by atoms with E-state index >= 15 is 0 Å². The summed E-state index contributed by atoms with van der Waals surface area (Å²) in [5.74, 6) is -1.07. The quantitative estimate of drug-likeness (QED) is 0.0282. The fourth-order valence-electron chi connectivity index (χ4n) is 5.15. The van der Waals surface area contributed by atoms with Crippen LogP contribution in [0.2, 0.25) is 0 Å². The Morgan fingerprint density at radius 3 is 1.39 bits per heavy atom. The number of rotatable bonds is 35. The molecule has 1 atom stereocenters. The molecular formula is C45H74O6. The molecule has 1 unspecified atom stereocenters. The molecule has 0 rings (SSSR count). The van der Waals surface area contributed by atoms with Crippen molar-refractivity contribution in [3.63, 3.8) is 0 Å². The Morgan fingerprint density at radius 1 is 0.431 bits per heavy atom. The number of unbranched alkanes of at least 4 members (excludes halogenated alkanes) is 13. The van der Waals surface area contributed by atoms with Gasteiger partial charge in [-0.1, -0.05) is 158 Å². The summed E-state index contributed by atoms with van der Waals surface area (Å²) in [4.78, 5) is 37.3. The second-order valence-electron chi connectivity index (χ2n) is 13.2. The summed E-state index contributed by atoms with van der Waals surface area (Å²) in [6, 6.07) is 0. The zero-order valence-corrected chi connectivity index (χ0v) is 32.8. The first-order valence-electron chi connectivity index (χ1n) is 20.4. The van der Waals surface area contributed by atoms with Crippen LogP contribution in [0, 0.1) is 0 Å². The molecule has 0 fully saturated rings. The Bertz CT molecular complexity index is 1000. The fraction of sp³-hybridized carbons (Fsp3) is 0.667. The van der Waals surface area contributed by atoms with Gasteiger partial charge in [0.1, 0.15) is 13.2 Å². The first-order valence-corrected chi connectivity index (χ1v) is 20.4. The molecule has 0 aliphatic carbocycles. The molecule has 0 aromatic heterocycles. The Balaban J connectivity index is 4.48. The molecule has 0 spiro atoms. The van der Waals surface area contributed by atoms with Crippen molar-refractivity contribution < 1.29 is 28.6 Å². The van der Waals surface area contributed by atoms with Gasteiger partial charge >= 0.3 is 17.9 Å². The van der Waals surface area contributed by atoms with Crippen LogP contribution >= 0.6 is 0 Å². The van der Waals surface area contributed by atoms with Crippen molar-refractivity contribution >= 4 is 17.9 Å². The summed E-state index contributed by atoms with van der Waals surface area (Å²) in [5.41, 5.74) is 0. The van der Waals surface area contributed by atoms with E-state index in [1.165, 1.54) is 51.4 Å². The Kier molecular flexibility index (Phi) is 37.2. The van der Waals surface area contributed by atoms with Gasteiger partial charge < -0.3 is 14.2 Å². The van der Waals surface area contributed by atoms with Crippen molar-refractivity contribution in [2.45, 2.75) is 181 Å². The van der Waals surface area contributed by atoms with E-state index in [9.17, 15) is 14.4 Å². The maximum atomic E-state index is 12.6. The standard InChI is InChI=1S/C45H74O6/c1-4-7-10-13-16-18-20-22-23-24-26-27-29-32-35-38-44(47)50-41-42(40-49-43(46)37-34-31-15-12-9-6-3)51-45(48)39-36-33-30-28-25-21-19-17-14-11-8-5-2/h7,10,16-19,22-23,26-27,32,35,42H,4-6,8-9,11-15,20-21,24-25,28-31,33-34,36-41H2,1-3H3/b10-7-,18-16-,19-17-,23-22-,27-26-,35-32-. The minimum absolute atomic E-state index is 0.110. The predicted molar refractivity (Wildman–Crippen MR) is 214 cm³/mol. The topological polar surface area (TPSA) is 78.9 Å². The lowest BCUT2D eigenvalue weighted by Crippen LogP contribution is -2.30. The molecule has 0 N–H and O–H groups in total. The van der Waals surface area contributed by atoms with Gasteiger partial charge in [-0.05, 0) is 70.6 Å². The van der Waals surface area contributed by atoms with Crippen LogP contribution in [0.1, 0.15) is 175 Å². The van der Waals surface area contributed by atoms with Gasteiger partial charge in [0, 0.05) is 12.8 Å². The average molecular weight is 711 g/mol. The summed E-state index contributed by atoms with van der Waals surface area (Å²) >= 11 is 0. The number of esters is 3. The monoisotopic (exact) mass is 711 g/mol. The maximum Gasteiger partial charge on any atom is 0.309 e. The van der Waals surface area contributed by atoms with E-state index in [1.54, 1.807) is 6.08 Å². The second-order valence-corrected chi connectivity index (χ2v) is 13.2. The molecule has 0 aromatic rings. The van der Waals surface area contributed by atoms with Crippen LogP contribution < -0.4 is 0 Å². The molecule has 0 saturated carbocycles. The maximum absolute atomic E-state index is 12.6. The third-order valence-corrected chi connectivity index (χ3v) is 8.23. The zero-order chi connectivity index (χ0) is 37.3. The molecule has 0 aliphatic heterocycles. The molecule has 0 bridgehead atoms.